The third-order valence-corrected chi connectivity index (χ3v) is 5.93. The highest BCUT2D eigenvalue weighted by Crippen LogP contribution is 2.34. The first kappa shape index (κ1) is 19.0. The summed E-state index contributed by atoms with van der Waals surface area (Å²) in [4.78, 5) is 41.1. The minimum Gasteiger partial charge on any atom is -0.448 e. The third-order valence-electron chi connectivity index (χ3n) is 3.66. The van der Waals surface area contributed by atoms with Crippen molar-refractivity contribution in [1.29, 1.82) is 0 Å². The van der Waals surface area contributed by atoms with Gasteiger partial charge in [-0.1, -0.05) is 26.0 Å². The molecular weight excluding hydrogens is 386 g/mol. The average molecular weight is 403 g/mol. The first-order valence-electron chi connectivity index (χ1n) is 8.12. The molecule has 0 saturated carbocycles. The molecule has 0 aliphatic heterocycles. The molecule has 140 valence electrons. The number of carbonyl (C=O) groups excluding carboxylic acids is 3. The van der Waals surface area contributed by atoms with Gasteiger partial charge in [0.05, 0.1) is 15.1 Å². The summed E-state index contributed by atoms with van der Waals surface area (Å²) in [6, 6.07) is 10.2. The minimum atomic E-state index is -1.11. The average Bonchev–Trinajstić information content (AvgIpc) is 3.24. The Kier molecular flexibility index (Phi) is 5.52. The van der Waals surface area contributed by atoms with E-state index in [4.69, 9.17) is 10.5 Å². The normalized spacial score (nSPS) is 12.1. The van der Waals surface area contributed by atoms with Crippen molar-refractivity contribution in [3.63, 3.8) is 0 Å². The lowest BCUT2D eigenvalue weighted by molar-refractivity contribution is -0.130. The Balaban J connectivity index is 1.77. The fourth-order valence-corrected chi connectivity index (χ4v) is 4.31. The van der Waals surface area contributed by atoms with Gasteiger partial charge in [0.2, 0.25) is 0 Å². The van der Waals surface area contributed by atoms with Crippen molar-refractivity contribution in [3.8, 4) is 9.88 Å². The number of primary amides is 1. The van der Waals surface area contributed by atoms with Crippen LogP contribution in [0.25, 0.3) is 20.1 Å². The van der Waals surface area contributed by atoms with Gasteiger partial charge in [-0.05, 0) is 30.2 Å². The SMILES string of the molecule is CC(C)[C@H](OC(=O)c1ccc(-c2nc3ccccc3s2)s1)C(=O)NC(N)=O. The van der Waals surface area contributed by atoms with Crippen molar-refractivity contribution in [1.82, 2.24) is 10.3 Å². The molecule has 0 spiro atoms. The van der Waals surface area contributed by atoms with Crippen molar-refractivity contribution >= 4 is 50.8 Å². The van der Waals surface area contributed by atoms with Crippen LogP contribution < -0.4 is 11.1 Å². The molecule has 0 bridgehead atoms. The number of benzene rings is 1. The van der Waals surface area contributed by atoms with Gasteiger partial charge >= 0.3 is 12.0 Å². The Morgan fingerprint density at radius 3 is 2.52 bits per heavy atom. The van der Waals surface area contributed by atoms with E-state index in [1.807, 2.05) is 29.6 Å². The van der Waals surface area contributed by atoms with Gasteiger partial charge in [0.25, 0.3) is 5.91 Å². The second-order valence-electron chi connectivity index (χ2n) is 6.07. The van der Waals surface area contributed by atoms with E-state index in [0.29, 0.717) is 4.88 Å². The molecule has 1 atom stereocenters. The summed E-state index contributed by atoms with van der Waals surface area (Å²) >= 11 is 2.78. The highest BCUT2D eigenvalue weighted by atomic mass is 32.1. The number of ether oxygens (including phenoxy) is 1. The van der Waals surface area contributed by atoms with Gasteiger partial charge in [0.1, 0.15) is 9.88 Å². The molecular formula is C18H17N3O4S2. The van der Waals surface area contributed by atoms with Gasteiger partial charge in [0, 0.05) is 0 Å². The van der Waals surface area contributed by atoms with Gasteiger partial charge in [-0.15, -0.1) is 22.7 Å². The number of nitrogens with one attached hydrogen (secondary N) is 1. The number of nitrogens with two attached hydrogens (primary N) is 1. The number of hydrogen-bond acceptors (Lipinski definition) is 7. The summed E-state index contributed by atoms with van der Waals surface area (Å²) in [5.41, 5.74) is 5.86. The molecule has 3 aromatic rings. The Labute approximate surface area is 163 Å². The maximum absolute atomic E-state index is 12.4. The molecule has 9 heteroatoms. The van der Waals surface area contributed by atoms with E-state index < -0.39 is 24.0 Å². The number of carbonyl (C=O) groups is 3. The van der Waals surface area contributed by atoms with Crippen molar-refractivity contribution in [2.45, 2.75) is 20.0 Å². The van der Waals surface area contributed by atoms with Crippen molar-refractivity contribution in [3.05, 3.63) is 41.3 Å². The summed E-state index contributed by atoms with van der Waals surface area (Å²) in [6.07, 6.45) is -1.11. The molecule has 0 radical (unpaired) electrons. The molecule has 7 nitrogen and oxygen atoms in total. The number of para-hydroxylation sites is 1. The van der Waals surface area contributed by atoms with E-state index in [9.17, 15) is 14.4 Å². The Bertz CT molecular complexity index is 976. The monoisotopic (exact) mass is 403 g/mol. The molecule has 0 aliphatic rings. The molecule has 0 unspecified atom stereocenters. The predicted molar refractivity (Wildman–Crippen MR) is 105 cm³/mol. The summed E-state index contributed by atoms with van der Waals surface area (Å²) in [5.74, 6) is -1.70. The molecule has 1 aromatic carbocycles. The topological polar surface area (TPSA) is 111 Å². The van der Waals surface area contributed by atoms with Gasteiger partial charge in [-0.2, -0.15) is 0 Å². The Morgan fingerprint density at radius 2 is 1.85 bits per heavy atom. The van der Waals surface area contributed by atoms with Crippen LogP contribution in [0.2, 0.25) is 0 Å². The number of nitrogens with zero attached hydrogens (tertiary/aromatic N) is 1. The predicted octanol–water partition coefficient (Wildman–Crippen LogP) is 3.40. The number of imide groups is 1. The molecule has 0 saturated heterocycles. The first-order valence-corrected chi connectivity index (χ1v) is 9.75. The molecule has 3 amide bonds. The van der Waals surface area contributed by atoms with Crippen molar-refractivity contribution < 1.29 is 19.1 Å². The maximum Gasteiger partial charge on any atom is 0.349 e. The van der Waals surface area contributed by atoms with Gasteiger partial charge in [-0.25, -0.2) is 14.6 Å². The van der Waals surface area contributed by atoms with E-state index in [2.05, 4.69) is 4.98 Å². The summed E-state index contributed by atoms with van der Waals surface area (Å²) in [5, 5.41) is 2.76. The fraction of sp³-hybridized carbons (Fsp3) is 0.222. The number of hydrogen-bond donors (Lipinski definition) is 2. The van der Waals surface area contributed by atoms with Crippen LogP contribution in [0, 0.1) is 5.92 Å². The van der Waals surface area contributed by atoms with Crippen LogP contribution in [-0.2, 0) is 9.53 Å². The van der Waals surface area contributed by atoms with E-state index in [0.717, 1.165) is 20.1 Å². The van der Waals surface area contributed by atoms with Crippen LogP contribution in [0.15, 0.2) is 36.4 Å². The standard InChI is InChI=1S/C18H17N3O4S2/c1-9(2)14(15(22)21-18(19)24)25-17(23)13-8-7-12(26-13)16-20-10-5-3-4-6-11(10)27-16/h3-9,14H,1-2H3,(H3,19,21,22,24)/t14-/m0/s1. The van der Waals surface area contributed by atoms with Crippen LogP contribution in [-0.4, -0.2) is 29.0 Å². The number of thiazole rings is 1. The highest BCUT2D eigenvalue weighted by molar-refractivity contribution is 7.26. The molecule has 0 fully saturated rings. The fourth-order valence-electron chi connectivity index (χ4n) is 2.40. The van der Waals surface area contributed by atoms with Crippen molar-refractivity contribution in [2.24, 2.45) is 11.7 Å². The van der Waals surface area contributed by atoms with E-state index in [1.165, 1.54) is 22.7 Å². The van der Waals surface area contributed by atoms with E-state index in [1.54, 1.807) is 26.0 Å². The largest absolute Gasteiger partial charge is 0.448 e. The Morgan fingerprint density at radius 1 is 1.11 bits per heavy atom. The van der Waals surface area contributed by atoms with Crippen molar-refractivity contribution in [2.75, 3.05) is 0 Å². The lowest BCUT2D eigenvalue weighted by Gasteiger charge is -2.19. The van der Waals surface area contributed by atoms with Crippen LogP contribution >= 0.6 is 22.7 Å². The molecule has 3 rings (SSSR count). The zero-order chi connectivity index (χ0) is 19.6. The van der Waals surface area contributed by atoms with Gasteiger partial charge in [-0.3, -0.25) is 10.1 Å². The minimum absolute atomic E-state index is 0.322. The number of fused-ring (bicyclic) bond motifs is 1. The second kappa shape index (κ2) is 7.85. The smallest absolute Gasteiger partial charge is 0.349 e. The number of esters is 1. The lowest BCUT2D eigenvalue weighted by Crippen LogP contribution is -2.45. The lowest BCUT2D eigenvalue weighted by atomic mass is 10.1. The zero-order valence-electron chi connectivity index (χ0n) is 14.6. The van der Waals surface area contributed by atoms with Crippen LogP contribution in [0.4, 0.5) is 4.79 Å². The zero-order valence-corrected chi connectivity index (χ0v) is 16.2. The summed E-state index contributed by atoms with van der Waals surface area (Å²) < 4.78 is 6.37. The van der Waals surface area contributed by atoms with Crippen LogP contribution in [0.5, 0.6) is 0 Å². The Hall–Kier alpha value is -2.78. The van der Waals surface area contributed by atoms with Gasteiger partial charge < -0.3 is 10.5 Å². The third kappa shape index (κ3) is 4.32. The maximum atomic E-state index is 12.4. The number of thiophene rings is 1. The summed E-state index contributed by atoms with van der Waals surface area (Å²) in [6.45, 7) is 3.42. The quantitative estimate of drug-likeness (QED) is 0.634. The number of urea groups is 1. The number of rotatable bonds is 5. The molecule has 0 aliphatic carbocycles. The molecule has 27 heavy (non-hydrogen) atoms. The van der Waals surface area contributed by atoms with Crippen LogP contribution in [0.1, 0.15) is 23.5 Å². The van der Waals surface area contributed by atoms with Crippen LogP contribution in [0.3, 0.4) is 0 Å². The summed E-state index contributed by atoms with van der Waals surface area (Å²) in [7, 11) is 0. The van der Waals surface area contributed by atoms with Gasteiger partial charge in [0.15, 0.2) is 6.10 Å². The number of aromatic nitrogens is 1. The second-order valence-corrected chi connectivity index (χ2v) is 8.19. The number of amides is 3. The van der Waals surface area contributed by atoms with E-state index in [-0.39, 0.29) is 5.92 Å². The first-order chi connectivity index (χ1) is 12.8. The molecule has 2 heterocycles. The van der Waals surface area contributed by atoms with E-state index >= 15 is 0 Å². The highest BCUT2D eigenvalue weighted by Gasteiger charge is 2.28. The molecule has 2 aromatic heterocycles. The molecule has 3 N–H and O–H groups in total.